The summed E-state index contributed by atoms with van der Waals surface area (Å²) >= 11 is 0. The van der Waals surface area contributed by atoms with Gasteiger partial charge in [0.05, 0.1) is 13.2 Å². The molecule has 0 radical (unpaired) electrons. The van der Waals surface area contributed by atoms with Gasteiger partial charge >= 0.3 is 5.97 Å². The Labute approximate surface area is 146 Å². The number of unbranched alkanes of at least 4 members (excludes halogenated alkanes) is 1. The van der Waals surface area contributed by atoms with E-state index in [1.54, 1.807) is 0 Å². The molecule has 2 N–H and O–H groups in total. The Morgan fingerprint density at radius 2 is 1.50 bits per heavy atom. The third-order valence-corrected chi connectivity index (χ3v) is 3.65. The van der Waals surface area contributed by atoms with Crippen molar-refractivity contribution in [2.24, 2.45) is 0 Å². The summed E-state index contributed by atoms with van der Waals surface area (Å²) in [6.07, 6.45) is 11.2. The quantitative estimate of drug-likeness (QED) is 0.320. The van der Waals surface area contributed by atoms with Crippen molar-refractivity contribution in [1.82, 2.24) is 0 Å². The zero-order chi connectivity index (χ0) is 18.4. The van der Waals surface area contributed by atoms with Crippen molar-refractivity contribution in [2.75, 3.05) is 13.2 Å². The maximum absolute atomic E-state index is 11.1. The number of aliphatic hydroxyl groups is 2. The van der Waals surface area contributed by atoms with Crippen LogP contribution in [0.25, 0.3) is 0 Å². The Bertz CT molecular complexity index is 443. The summed E-state index contributed by atoms with van der Waals surface area (Å²) in [5.41, 5.74) is 4.15. The van der Waals surface area contributed by atoms with E-state index in [0.717, 1.165) is 38.5 Å². The fourth-order valence-corrected chi connectivity index (χ4v) is 2.11. The van der Waals surface area contributed by atoms with E-state index < -0.39 is 18.7 Å². The fraction of sp³-hybridized carbons (Fsp3) is 0.650. The third kappa shape index (κ3) is 13.1. The first-order valence-electron chi connectivity index (χ1n) is 8.77. The second kappa shape index (κ2) is 14.0. The van der Waals surface area contributed by atoms with Crippen LogP contribution in [0.3, 0.4) is 0 Å². The van der Waals surface area contributed by atoms with Crippen molar-refractivity contribution in [3.63, 3.8) is 0 Å². The Morgan fingerprint density at radius 3 is 2.04 bits per heavy atom. The number of hydrogen-bond acceptors (Lipinski definition) is 4. The van der Waals surface area contributed by atoms with Crippen LogP contribution in [-0.2, 0) is 9.53 Å². The van der Waals surface area contributed by atoms with E-state index in [1.807, 2.05) is 0 Å². The highest BCUT2D eigenvalue weighted by molar-refractivity contribution is 5.74. The van der Waals surface area contributed by atoms with Crippen molar-refractivity contribution >= 4 is 5.97 Å². The first-order chi connectivity index (χ1) is 11.4. The predicted molar refractivity (Wildman–Crippen MR) is 98.7 cm³/mol. The van der Waals surface area contributed by atoms with Crippen molar-refractivity contribution in [3.8, 4) is 0 Å². The van der Waals surface area contributed by atoms with E-state index in [9.17, 15) is 4.79 Å². The molecule has 1 atom stereocenters. The van der Waals surface area contributed by atoms with E-state index in [0.29, 0.717) is 0 Å². The fourth-order valence-electron chi connectivity index (χ4n) is 2.11. The van der Waals surface area contributed by atoms with E-state index in [-0.39, 0.29) is 6.61 Å². The van der Waals surface area contributed by atoms with E-state index in [2.05, 4.69) is 45.9 Å². The Hall–Kier alpha value is -1.39. The summed E-state index contributed by atoms with van der Waals surface area (Å²) < 4.78 is 4.85. The van der Waals surface area contributed by atoms with E-state index in [4.69, 9.17) is 14.9 Å². The van der Waals surface area contributed by atoms with E-state index in [1.165, 1.54) is 16.7 Å². The number of rotatable bonds is 12. The minimum atomic E-state index is -1.42. The van der Waals surface area contributed by atoms with Crippen LogP contribution in [0.15, 0.2) is 34.9 Å². The normalized spacial score (nSPS) is 13.6. The number of aliphatic hydroxyl groups excluding tert-OH is 2. The topological polar surface area (TPSA) is 66.8 Å². The molecule has 0 saturated heterocycles. The van der Waals surface area contributed by atoms with Gasteiger partial charge in [-0.2, -0.15) is 0 Å². The molecule has 0 aliphatic rings. The van der Waals surface area contributed by atoms with Crippen LogP contribution in [0.4, 0.5) is 0 Å². The smallest absolute Gasteiger partial charge is 0.337 e. The molecular formula is C20H34O4. The molecule has 0 bridgehead atoms. The lowest BCUT2D eigenvalue weighted by molar-refractivity contribution is -0.155. The lowest BCUT2D eigenvalue weighted by Gasteiger charge is -2.07. The van der Waals surface area contributed by atoms with Gasteiger partial charge in [0.15, 0.2) is 6.10 Å². The predicted octanol–water partition coefficient (Wildman–Crippen LogP) is 4.08. The molecular weight excluding hydrogens is 304 g/mol. The maximum atomic E-state index is 11.1. The van der Waals surface area contributed by atoms with Crippen molar-refractivity contribution in [3.05, 3.63) is 34.9 Å². The average Bonchev–Trinajstić information content (AvgIpc) is 2.53. The first-order valence-corrected chi connectivity index (χ1v) is 8.77. The number of carbonyl (C=O) groups excluding carboxylic acids is 1. The third-order valence-electron chi connectivity index (χ3n) is 3.65. The number of esters is 1. The monoisotopic (exact) mass is 338 g/mol. The standard InChI is InChI=1S/C20H34O4/c1-16(2)9-7-11-18(4)13-8-12-17(3)10-5-6-14-24-20(23)19(22)15-21/h9-10,13,19,21-22H,5-8,11-12,14-15H2,1-4H3/b17-10+,18-13+. The zero-order valence-corrected chi connectivity index (χ0v) is 15.7. The Morgan fingerprint density at radius 1 is 0.958 bits per heavy atom. The SMILES string of the molecule is CC(C)=CCC/C(C)=C/CC/C(C)=C/CCCOC(=O)C(O)CO. The minimum absolute atomic E-state index is 0.267. The van der Waals surface area contributed by atoms with Gasteiger partial charge in [0.25, 0.3) is 0 Å². The summed E-state index contributed by atoms with van der Waals surface area (Å²) in [7, 11) is 0. The molecule has 0 aliphatic carbocycles. The number of ether oxygens (including phenoxy) is 1. The van der Waals surface area contributed by atoms with Gasteiger partial charge in [-0.1, -0.05) is 34.9 Å². The highest BCUT2D eigenvalue weighted by atomic mass is 16.5. The largest absolute Gasteiger partial charge is 0.464 e. The second-order valence-electron chi connectivity index (χ2n) is 6.47. The van der Waals surface area contributed by atoms with Crippen molar-refractivity contribution in [1.29, 1.82) is 0 Å². The zero-order valence-electron chi connectivity index (χ0n) is 15.7. The summed E-state index contributed by atoms with van der Waals surface area (Å²) in [4.78, 5) is 11.1. The van der Waals surface area contributed by atoms with Gasteiger partial charge in [-0.15, -0.1) is 0 Å². The molecule has 0 amide bonds. The van der Waals surface area contributed by atoms with Crippen LogP contribution < -0.4 is 0 Å². The highest BCUT2D eigenvalue weighted by Gasteiger charge is 2.14. The molecule has 0 saturated carbocycles. The molecule has 4 heteroatoms. The first kappa shape index (κ1) is 22.6. The van der Waals surface area contributed by atoms with Crippen LogP contribution in [0.5, 0.6) is 0 Å². The number of allylic oxidation sites excluding steroid dienone is 6. The molecule has 0 aliphatic heterocycles. The molecule has 0 aromatic heterocycles. The summed E-state index contributed by atoms with van der Waals surface area (Å²) in [5.74, 6) is -0.757. The molecule has 1 unspecified atom stereocenters. The second-order valence-corrected chi connectivity index (χ2v) is 6.47. The summed E-state index contributed by atoms with van der Waals surface area (Å²) in [5, 5.41) is 17.7. The summed E-state index contributed by atoms with van der Waals surface area (Å²) in [6, 6.07) is 0. The van der Waals surface area contributed by atoms with E-state index >= 15 is 0 Å². The lowest BCUT2D eigenvalue weighted by Crippen LogP contribution is -2.26. The van der Waals surface area contributed by atoms with Crippen molar-refractivity contribution in [2.45, 2.75) is 72.3 Å². The Balaban J connectivity index is 3.83. The average molecular weight is 338 g/mol. The molecule has 0 aromatic carbocycles. The van der Waals surface area contributed by atoms with Crippen LogP contribution in [0, 0.1) is 0 Å². The minimum Gasteiger partial charge on any atom is -0.464 e. The van der Waals surface area contributed by atoms with Gasteiger partial charge in [-0.3, -0.25) is 0 Å². The van der Waals surface area contributed by atoms with Crippen molar-refractivity contribution < 1.29 is 19.7 Å². The summed E-state index contributed by atoms with van der Waals surface area (Å²) in [6.45, 7) is 8.23. The van der Waals surface area contributed by atoms with Gasteiger partial charge in [-0.05, 0) is 66.2 Å². The molecule has 0 heterocycles. The number of carbonyl (C=O) groups is 1. The van der Waals surface area contributed by atoms with Gasteiger partial charge in [0.1, 0.15) is 0 Å². The maximum Gasteiger partial charge on any atom is 0.337 e. The van der Waals surface area contributed by atoms with Crippen LogP contribution in [-0.4, -0.2) is 35.5 Å². The van der Waals surface area contributed by atoms with Gasteiger partial charge in [0.2, 0.25) is 0 Å². The highest BCUT2D eigenvalue weighted by Crippen LogP contribution is 2.12. The molecule has 0 spiro atoms. The van der Waals surface area contributed by atoms with Gasteiger partial charge in [0, 0.05) is 0 Å². The molecule has 0 rings (SSSR count). The molecule has 0 aromatic rings. The molecule has 0 fully saturated rings. The van der Waals surface area contributed by atoms with Crippen LogP contribution in [0.2, 0.25) is 0 Å². The van der Waals surface area contributed by atoms with Crippen LogP contribution in [0.1, 0.15) is 66.2 Å². The molecule has 4 nitrogen and oxygen atoms in total. The molecule has 24 heavy (non-hydrogen) atoms. The number of hydrogen-bond donors (Lipinski definition) is 2. The lowest BCUT2D eigenvalue weighted by atomic mass is 10.1. The van der Waals surface area contributed by atoms with Gasteiger partial charge < -0.3 is 14.9 Å². The molecule has 138 valence electrons. The van der Waals surface area contributed by atoms with Crippen LogP contribution >= 0.6 is 0 Å². The van der Waals surface area contributed by atoms with Gasteiger partial charge in [-0.25, -0.2) is 4.79 Å². The Kier molecular flexibility index (Phi) is 13.2.